The van der Waals surface area contributed by atoms with Crippen LogP contribution in [-0.4, -0.2) is 27.1 Å². The molecule has 0 atom stereocenters. The van der Waals surface area contributed by atoms with Crippen molar-refractivity contribution in [3.05, 3.63) is 27.9 Å². The van der Waals surface area contributed by atoms with Crippen molar-refractivity contribution in [3.63, 3.8) is 0 Å². The monoisotopic (exact) mass is 340 g/mol. The Morgan fingerprint density at radius 2 is 1.90 bits per heavy atom. The maximum absolute atomic E-state index is 11.8. The van der Waals surface area contributed by atoms with E-state index in [4.69, 9.17) is 4.42 Å². The highest BCUT2D eigenvalue weighted by Crippen LogP contribution is 2.34. The van der Waals surface area contributed by atoms with E-state index in [9.17, 15) is 4.79 Å². The second-order valence-electron chi connectivity index (χ2n) is 4.31. The molecule has 5 heteroatoms. The van der Waals surface area contributed by atoms with Gasteiger partial charge in [-0.25, -0.2) is 0 Å². The van der Waals surface area contributed by atoms with Gasteiger partial charge in [0.25, 0.3) is 5.91 Å². The molecule has 1 amide bonds. The number of hydrogen-bond acceptors (Lipinski definition) is 3. The van der Waals surface area contributed by atoms with Gasteiger partial charge in [-0.2, -0.15) is 0 Å². The van der Waals surface area contributed by atoms with Crippen molar-refractivity contribution in [1.29, 1.82) is 0 Å². The Morgan fingerprint density at radius 1 is 1.30 bits per heavy atom. The first kappa shape index (κ1) is 16.6. The summed E-state index contributed by atoms with van der Waals surface area (Å²) in [7, 11) is 5.53. The van der Waals surface area contributed by atoms with Gasteiger partial charge in [0.15, 0.2) is 0 Å². The highest BCUT2D eigenvalue weighted by Gasteiger charge is 2.19. The van der Waals surface area contributed by atoms with Gasteiger partial charge in [0, 0.05) is 37.1 Å². The molecule has 2 rings (SSSR count). The lowest BCUT2D eigenvalue weighted by atomic mass is 10.1. The van der Waals surface area contributed by atoms with Crippen LogP contribution in [0.2, 0.25) is 0 Å². The van der Waals surface area contributed by atoms with E-state index >= 15 is 0 Å². The van der Waals surface area contributed by atoms with Crippen LogP contribution in [0.3, 0.4) is 0 Å². The lowest BCUT2D eigenvalue weighted by molar-refractivity contribution is 0.0963. The number of carbonyl (C=O) groups is 1. The maximum Gasteiger partial charge on any atom is 0.255 e. The molecule has 0 saturated carbocycles. The Labute approximate surface area is 128 Å². The van der Waals surface area contributed by atoms with Crippen molar-refractivity contribution >= 4 is 38.5 Å². The summed E-state index contributed by atoms with van der Waals surface area (Å²) in [6.45, 7) is 5.80. The van der Waals surface area contributed by atoms with Crippen LogP contribution in [0.4, 0.5) is 5.69 Å². The second-order valence-corrected chi connectivity index (χ2v) is 5.16. The minimum absolute atomic E-state index is 0.129. The van der Waals surface area contributed by atoms with E-state index in [1.54, 1.807) is 14.0 Å². The zero-order chi connectivity index (χ0) is 15.4. The number of rotatable bonds is 2. The van der Waals surface area contributed by atoms with E-state index in [2.05, 4.69) is 21.2 Å². The summed E-state index contributed by atoms with van der Waals surface area (Å²) in [5.41, 5.74) is 2.33. The van der Waals surface area contributed by atoms with E-state index in [0.29, 0.717) is 11.3 Å². The number of furan rings is 1. The molecule has 1 heterocycles. The van der Waals surface area contributed by atoms with Crippen LogP contribution in [0.25, 0.3) is 11.0 Å². The highest BCUT2D eigenvalue weighted by atomic mass is 79.9. The van der Waals surface area contributed by atoms with Crippen LogP contribution in [0.15, 0.2) is 21.0 Å². The molecule has 0 unspecified atom stereocenters. The Hall–Kier alpha value is -1.49. The summed E-state index contributed by atoms with van der Waals surface area (Å²) in [5.74, 6) is 0.503. The van der Waals surface area contributed by atoms with E-state index < -0.39 is 0 Å². The van der Waals surface area contributed by atoms with Gasteiger partial charge in [0.05, 0.1) is 11.3 Å². The zero-order valence-electron chi connectivity index (χ0n) is 12.8. The van der Waals surface area contributed by atoms with Crippen molar-refractivity contribution in [3.8, 4) is 0 Å². The summed E-state index contributed by atoms with van der Waals surface area (Å²) in [6, 6.07) is 3.85. The van der Waals surface area contributed by atoms with Gasteiger partial charge in [0.2, 0.25) is 0 Å². The first-order valence-electron chi connectivity index (χ1n) is 6.57. The van der Waals surface area contributed by atoms with Crippen molar-refractivity contribution in [2.24, 2.45) is 0 Å². The Balaban J connectivity index is 0.000000956. The number of halogens is 1. The van der Waals surface area contributed by atoms with E-state index in [-0.39, 0.29) is 5.91 Å². The lowest BCUT2D eigenvalue weighted by Gasteiger charge is -2.14. The largest absolute Gasteiger partial charge is 0.460 e. The molecule has 0 aliphatic heterocycles. The molecule has 0 aliphatic carbocycles. The molecule has 1 aromatic carbocycles. The lowest BCUT2D eigenvalue weighted by Crippen LogP contribution is -2.18. The third-order valence-corrected chi connectivity index (χ3v) is 3.50. The molecule has 0 bridgehead atoms. The van der Waals surface area contributed by atoms with Gasteiger partial charge >= 0.3 is 0 Å². The molecule has 0 saturated heterocycles. The number of nitrogens with one attached hydrogen (secondary N) is 1. The van der Waals surface area contributed by atoms with Crippen LogP contribution in [0.5, 0.6) is 0 Å². The van der Waals surface area contributed by atoms with E-state index in [1.165, 1.54) is 0 Å². The number of anilines is 1. The number of carbonyl (C=O) groups excluding carboxylic acids is 1. The first-order valence-corrected chi connectivity index (χ1v) is 7.37. The standard InChI is InChI=1S/C13H15BrN2O2.C2H6/c1-7-12(13(17)15-2)8-5-9(14)10(16(3)4)6-11(8)18-7;1-2/h5-6H,1-4H3,(H,15,17);1-2H3. The van der Waals surface area contributed by atoms with Crippen LogP contribution in [-0.2, 0) is 0 Å². The van der Waals surface area contributed by atoms with Crippen LogP contribution >= 0.6 is 15.9 Å². The second kappa shape index (κ2) is 6.79. The SMILES string of the molecule is CC.CNC(=O)c1c(C)oc2cc(N(C)C)c(Br)cc12. The summed E-state index contributed by atoms with van der Waals surface area (Å²) in [6.07, 6.45) is 0. The third kappa shape index (κ3) is 2.98. The Morgan fingerprint density at radius 3 is 2.40 bits per heavy atom. The summed E-state index contributed by atoms with van der Waals surface area (Å²) in [5, 5.41) is 3.46. The van der Waals surface area contributed by atoms with E-state index in [0.717, 1.165) is 21.1 Å². The molecule has 2 aromatic rings. The Bertz CT molecular complexity index is 618. The highest BCUT2D eigenvalue weighted by molar-refractivity contribution is 9.10. The van der Waals surface area contributed by atoms with Gasteiger partial charge in [-0.3, -0.25) is 4.79 Å². The average molecular weight is 341 g/mol. The van der Waals surface area contributed by atoms with Gasteiger partial charge < -0.3 is 14.6 Å². The minimum atomic E-state index is -0.129. The molecule has 0 spiro atoms. The first-order chi connectivity index (χ1) is 9.45. The number of aryl methyl sites for hydroxylation is 1. The van der Waals surface area contributed by atoms with Gasteiger partial charge in [0.1, 0.15) is 11.3 Å². The van der Waals surface area contributed by atoms with Crippen LogP contribution < -0.4 is 10.2 Å². The quantitative estimate of drug-likeness (QED) is 0.899. The number of amides is 1. The summed E-state index contributed by atoms with van der Waals surface area (Å²) in [4.78, 5) is 13.8. The number of benzene rings is 1. The molecule has 0 aliphatic rings. The molecular formula is C15H21BrN2O2. The molecule has 110 valence electrons. The fraction of sp³-hybridized carbons (Fsp3) is 0.400. The normalized spacial score (nSPS) is 9.95. The predicted octanol–water partition coefficient (Wildman–Crippen LogP) is 3.96. The smallest absolute Gasteiger partial charge is 0.255 e. The zero-order valence-corrected chi connectivity index (χ0v) is 14.4. The number of fused-ring (bicyclic) bond motifs is 1. The fourth-order valence-electron chi connectivity index (χ4n) is 1.98. The topological polar surface area (TPSA) is 45.5 Å². The van der Waals surface area contributed by atoms with Crippen molar-refractivity contribution < 1.29 is 9.21 Å². The summed E-state index contributed by atoms with van der Waals surface area (Å²) < 4.78 is 6.60. The van der Waals surface area contributed by atoms with Gasteiger partial charge in [-0.05, 0) is 28.9 Å². The molecular weight excluding hydrogens is 320 g/mol. The Kier molecular flexibility index (Phi) is 5.62. The van der Waals surface area contributed by atoms with Crippen molar-refractivity contribution in [2.75, 3.05) is 26.0 Å². The number of hydrogen-bond donors (Lipinski definition) is 1. The molecule has 20 heavy (non-hydrogen) atoms. The number of nitrogens with zero attached hydrogens (tertiary/aromatic N) is 1. The van der Waals surface area contributed by atoms with E-state index in [1.807, 2.05) is 45.0 Å². The van der Waals surface area contributed by atoms with Gasteiger partial charge in [-0.1, -0.05) is 13.8 Å². The average Bonchev–Trinajstić information content (AvgIpc) is 2.74. The van der Waals surface area contributed by atoms with Crippen molar-refractivity contribution in [1.82, 2.24) is 5.32 Å². The van der Waals surface area contributed by atoms with Crippen LogP contribution in [0.1, 0.15) is 30.0 Å². The fourth-order valence-corrected chi connectivity index (χ4v) is 2.68. The van der Waals surface area contributed by atoms with Gasteiger partial charge in [-0.15, -0.1) is 0 Å². The maximum atomic E-state index is 11.8. The summed E-state index contributed by atoms with van der Waals surface area (Å²) >= 11 is 3.52. The predicted molar refractivity (Wildman–Crippen MR) is 87.7 cm³/mol. The minimum Gasteiger partial charge on any atom is -0.460 e. The molecule has 0 radical (unpaired) electrons. The molecule has 1 N–H and O–H groups in total. The third-order valence-electron chi connectivity index (χ3n) is 2.87. The van der Waals surface area contributed by atoms with Crippen molar-refractivity contribution in [2.45, 2.75) is 20.8 Å². The molecule has 0 fully saturated rings. The molecule has 4 nitrogen and oxygen atoms in total. The molecule has 1 aromatic heterocycles. The van der Waals surface area contributed by atoms with Crippen LogP contribution in [0, 0.1) is 6.92 Å².